The predicted molar refractivity (Wildman–Crippen MR) is 606 cm³/mol. The van der Waals surface area contributed by atoms with Crippen molar-refractivity contribution >= 4 is 82.5 Å². The van der Waals surface area contributed by atoms with E-state index in [4.69, 9.17) is 0 Å². The smallest absolute Gasteiger partial charge is 0.0537 e. The van der Waals surface area contributed by atoms with Crippen molar-refractivity contribution in [2.24, 2.45) is 39.9 Å². The van der Waals surface area contributed by atoms with Crippen LogP contribution in [0.25, 0.3) is 65.4 Å². The highest BCUT2D eigenvalue weighted by molar-refractivity contribution is 6.11. The number of hydrogen-bond donors (Lipinski definition) is 0. The van der Waals surface area contributed by atoms with Crippen LogP contribution in [0, 0.1) is 39.9 Å². The van der Waals surface area contributed by atoms with Crippen LogP contribution in [0.2, 0.25) is 0 Å². The van der Waals surface area contributed by atoms with Crippen molar-refractivity contribution in [2.75, 3.05) is 14.7 Å². The van der Waals surface area contributed by atoms with Gasteiger partial charge in [0.05, 0.1) is 18.1 Å². The highest BCUT2D eigenvalue weighted by Crippen LogP contribution is 2.71. The lowest BCUT2D eigenvalue weighted by Gasteiger charge is -2.62. The van der Waals surface area contributed by atoms with Gasteiger partial charge in [0.2, 0.25) is 0 Å². The molecule has 3 aliphatic heterocycles. The topological polar surface area (TPSA) is 24.5 Å². The Kier molecular flexibility index (Phi) is 26.8. The van der Waals surface area contributed by atoms with Crippen LogP contribution in [0.1, 0.15) is 443 Å². The maximum absolute atomic E-state index is 3.07. The van der Waals surface area contributed by atoms with Crippen LogP contribution in [0.4, 0.5) is 17.1 Å². The Bertz CT molecular complexity index is 6180. The summed E-state index contributed by atoms with van der Waals surface area (Å²) < 4.78 is 8.18. The lowest BCUT2D eigenvalue weighted by molar-refractivity contribution is -0.116. The summed E-state index contributed by atoms with van der Waals surface area (Å²) in [6.07, 6.45) is 13.4. The van der Waals surface area contributed by atoms with Crippen molar-refractivity contribution < 1.29 is 0 Å². The monoisotopic (exact) mass is 1860 g/mol. The van der Waals surface area contributed by atoms with E-state index in [0.717, 1.165) is 49.7 Å². The van der Waals surface area contributed by atoms with Crippen molar-refractivity contribution in [1.82, 2.24) is 13.7 Å². The zero-order valence-corrected chi connectivity index (χ0v) is 94.5. The average molecular weight is 1860 g/mol. The van der Waals surface area contributed by atoms with Gasteiger partial charge < -0.3 is 28.4 Å². The standard InChI is InChI=1S/C48H66N2.C43H62N2.C41H58N2/c1-29(2)37-14-13-15-38(30(3)4)44(37)50-43(48(28-47(50,11)12)35-21-31-20-32(23-35)24-36(48)22-31)27-49-41-18-16-33(45(5,6)7)25-39(41)40-26-34(46(8,9)10)17-19-42(40)49;1-15-43(16-2)27-42(13,14)45(39-32(28(3)4)18-17-19-33(39)29(5)6)38(43)26-44-36-22-20-30(40(7,8)9)24-34(36)35-25-31(41(10,11)12)21-23-37(35)44;1-26(2)30-16-15-17-31(27(3)4)37(30)43-36(40(11,12)25-41(43,13)14)24-42-34-20-18-28(38(5,6)7)22-32(34)33-23-29(39(8,9)10)19-21-35(33)42/h13-19,25-26,29-32,35-36,43H,20-24,27-28H2,1-12H3;17-25,28-29,38H,15-16,26-27H2,1-14H3;15-23,26-27,36H,24-25H2,1-14H3. The summed E-state index contributed by atoms with van der Waals surface area (Å²) in [6.45, 7) is 98.9. The van der Waals surface area contributed by atoms with Crippen molar-refractivity contribution in [3.8, 4) is 0 Å². The molecule has 7 aliphatic rings. The molecule has 6 heteroatoms. The SMILES string of the molecule is CC(C)c1cccc(C(C)C)c1N1C(Cn2c3ccc(C(C)(C)C)cc3c3cc(C(C)(C)C)ccc32)C(C)(C)CC1(C)C.CC(C)c1cccc(C(C)C)c1N1C(Cn2c3ccc(C(C)(C)C)cc3c3cc(C(C)(C)C)ccc32)C2(CC1(C)C)C1CC3CC(C1)CC2C3.CCC1(CC)CC(C)(C)N(c2c(C(C)C)cccc2C(C)C)C1Cn1c2ccc(C(C)(C)C)cc2c2cc(C(C)(C)C)ccc21. The van der Waals surface area contributed by atoms with Gasteiger partial charge in [0.25, 0.3) is 0 Å². The van der Waals surface area contributed by atoms with E-state index in [-0.39, 0.29) is 59.9 Å². The molecule has 12 aromatic rings. The van der Waals surface area contributed by atoms with Gasteiger partial charge in [-0.15, -0.1) is 0 Å². The van der Waals surface area contributed by atoms with Crippen molar-refractivity contribution in [3.05, 3.63) is 231 Å². The van der Waals surface area contributed by atoms with Crippen LogP contribution in [0.5, 0.6) is 0 Å². The van der Waals surface area contributed by atoms with Gasteiger partial charge in [-0.1, -0.05) is 326 Å². The summed E-state index contributed by atoms with van der Waals surface area (Å²) in [6, 6.07) is 66.7. The molecule has 744 valence electrons. The van der Waals surface area contributed by atoms with Gasteiger partial charge in [-0.2, -0.15) is 0 Å². The molecule has 9 aromatic carbocycles. The largest absolute Gasteiger partial charge is 0.361 e. The Morgan fingerprint density at radius 2 is 0.486 bits per heavy atom. The highest BCUT2D eigenvalue weighted by Gasteiger charge is 2.68. The predicted octanol–water partition coefficient (Wildman–Crippen LogP) is 37.4. The van der Waals surface area contributed by atoms with Crippen LogP contribution in [-0.4, -0.2) is 48.4 Å². The summed E-state index contributed by atoms with van der Waals surface area (Å²) in [4.78, 5) is 8.86. The zero-order valence-electron chi connectivity index (χ0n) is 94.5. The molecule has 138 heavy (non-hydrogen) atoms. The second-order valence-corrected chi connectivity index (χ2v) is 56.1. The molecular weight excluding hydrogens is 1670 g/mol. The van der Waals surface area contributed by atoms with Crippen LogP contribution >= 0.6 is 0 Å². The third kappa shape index (κ3) is 18.2. The highest BCUT2D eigenvalue weighted by atomic mass is 15.3. The molecule has 7 fully saturated rings. The summed E-state index contributed by atoms with van der Waals surface area (Å²) in [5.41, 5.74) is 31.9. The van der Waals surface area contributed by atoms with Gasteiger partial charge in [0.15, 0.2) is 0 Å². The fourth-order valence-corrected chi connectivity index (χ4v) is 29.2. The number of hydrogen-bond acceptors (Lipinski definition) is 3. The minimum Gasteiger partial charge on any atom is -0.361 e. The fraction of sp³-hybridized carbons (Fsp3) is 0.591. The molecule has 4 aliphatic carbocycles. The second kappa shape index (κ2) is 36.0. The van der Waals surface area contributed by atoms with E-state index in [1.54, 1.807) is 16.8 Å². The molecule has 1 spiro atoms. The molecular formula is C132H186N6. The van der Waals surface area contributed by atoms with Gasteiger partial charge in [-0.3, -0.25) is 0 Å². The molecule has 0 amide bonds. The van der Waals surface area contributed by atoms with Crippen molar-refractivity contribution in [3.63, 3.8) is 0 Å². The number of nitrogens with zero attached hydrogens (tertiary/aromatic N) is 6. The molecule has 6 nitrogen and oxygen atoms in total. The molecule has 0 N–H and O–H groups in total. The van der Waals surface area contributed by atoms with Gasteiger partial charge in [0.1, 0.15) is 0 Å². The first kappa shape index (κ1) is 103. The van der Waals surface area contributed by atoms with Crippen LogP contribution in [0.3, 0.4) is 0 Å². The number of aromatic nitrogens is 3. The summed E-state index contributed by atoms with van der Waals surface area (Å²) in [5.74, 6) is 6.45. The van der Waals surface area contributed by atoms with Gasteiger partial charge >= 0.3 is 0 Å². The normalized spacial score (nSPS) is 22.6. The Hall–Kier alpha value is -8.22. The van der Waals surface area contributed by atoms with E-state index in [9.17, 15) is 0 Å². The second-order valence-electron chi connectivity index (χ2n) is 56.1. The fourth-order valence-electron chi connectivity index (χ4n) is 29.2. The zero-order chi connectivity index (χ0) is 101. The molecule has 0 radical (unpaired) electrons. The number of fused-ring (bicyclic) bond motifs is 9. The van der Waals surface area contributed by atoms with Gasteiger partial charge in [-0.25, -0.2) is 0 Å². The summed E-state index contributed by atoms with van der Waals surface area (Å²) in [5, 5.41) is 8.45. The van der Waals surface area contributed by atoms with Gasteiger partial charge in [0, 0.05) is 124 Å². The molecule has 4 saturated carbocycles. The van der Waals surface area contributed by atoms with E-state index >= 15 is 0 Å². The number of benzene rings is 9. The summed E-state index contributed by atoms with van der Waals surface area (Å²) >= 11 is 0. The molecule has 4 bridgehead atoms. The van der Waals surface area contributed by atoms with E-state index < -0.39 is 0 Å². The first-order chi connectivity index (χ1) is 64.0. The lowest BCUT2D eigenvalue weighted by atomic mass is 9.43. The average Bonchev–Trinajstić information content (AvgIpc) is 1.41. The molecule has 3 saturated heterocycles. The maximum Gasteiger partial charge on any atom is 0.0537 e. The molecule has 19 rings (SSSR count). The molecule has 6 heterocycles. The minimum atomic E-state index is 0.0420. The number of para-hydroxylation sites is 3. The van der Waals surface area contributed by atoms with E-state index in [0.29, 0.717) is 59.0 Å². The Morgan fingerprint density at radius 3 is 0.725 bits per heavy atom. The van der Waals surface area contributed by atoms with Crippen LogP contribution in [-0.2, 0) is 52.1 Å². The Morgan fingerprint density at radius 1 is 0.268 bits per heavy atom. The molecule has 3 unspecified atom stereocenters. The third-order valence-corrected chi connectivity index (χ3v) is 36.2. The number of anilines is 3. The van der Waals surface area contributed by atoms with E-state index in [1.165, 1.54) is 190 Å². The third-order valence-electron chi connectivity index (χ3n) is 36.2. The molecule has 3 atom stereocenters. The first-order valence-corrected chi connectivity index (χ1v) is 55.0. The van der Waals surface area contributed by atoms with E-state index in [1.807, 2.05) is 0 Å². The van der Waals surface area contributed by atoms with E-state index in [2.05, 4.69) is 469 Å². The number of rotatable bonds is 17. The maximum atomic E-state index is 3.07. The van der Waals surface area contributed by atoms with Crippen molar-refractivity contribution in [2.45, 2.75) is 464 Å². The Labute approximate surface area is 839 Å². The summed E-state index contributed by atoms with van der Waals surface area (Å²) in [7, 11) is 0. The Balaban J connectivity index is 0.000000150. The van der Waals surface area contributed by atoms with Crippen molar-refractivity contribution in [1.29, 1.82) is 0 Å². The quantitative estimate of drug-likeness (QED) is 0.0908. The minimum absolute atomic E-state index is 0.0420. The first-order valence-electron chi connectivity index (χ1n) is 55.0. The van der Waals surface area contributed by atoms with Crippen LogP contribution in [0.15, 0.2) is 164 Å². The van der Waals surface area contributed by atoms with Crippen LogP contribution < -0.4 is 14.7 Å². The van der Waals surface area contributed by atoms with Gasteiger partial charge in [-0.05, 0) is 348 Å². The molecule has 3 aromatic heterocycles. The lowest BCUT2D eigenvalue weighted by Crippen LogP contribution is -2.59.